The average molecular weight is 258 g/mol. The number of benzene rings is 1. The number of carboxylic acids is 1. The molecule has 0 amide bonds. The van der Waals surface area contributed by atoms with E-state index in [4.69, 9.17) is 5.11 Å². The molecule has 5 nitrogen and oxygen atoms in total. The predicted octanol–water partition coefficient (Wildman–Crippen LogP) is 1.68. The van der Waals surface area contributed by atoms with Crippen LogP contribution in [0.3, 0.4) is 0 Å². The Morgan fingerprint density at radius 1 is 1.32 bits per heavy atom. The van der Waals surface area contributed by atoms with Gasteiger partial charge in [-0.05, 0) is 24.1 Å². The van der Waals surface area contributed by atoms with Crippen LogP contribution >= 0.6 is 0 Å². The van der Waals surface area contributed by atoms with Gasteiger partial charge >= 0.3 is 5.97 Å². The zero-order chi connectivity index (χ0) is 13.8. The van der Waals surface area contributed by atoms with Gasteiger partial charge in [-0.15, -0.1) is 0 Å². The summed E-state index contributed by atoms with van der Waals surface area (Å²) in [4.78, 5) is 21.2. The Kier molecular flexibility index (Phi) is 3.75. The zero-order valence-corrected chi connectivity index (χ0v) is 10.5. The standard InChI is InChI=1S/C14H14N2O3/c1-10-6-13(9-17)15-16(10)8-12-4-2-11(3-5-12)7-14(18)19/h2-6,9H,7-8H2,1H3,(H,18,19). The smallest absolute Gasteiger partial charge is 0.307 e. The second-order valence-corrected chi connectivity index (χ2v) is 4.37. The topological polar surface area (TPSA) is 72.2 Å². The molecule has 1 aromatic carbocycles. The van der Waals surface area contributed by atoms with E-state index in [0.29, 0.717) is 12.2 Å². The van der Waals surface area contributed by atoms with Gasteiger partial charge in [0.05, 0.1) is 13.0 Å². The molecule has 2 rings (SSSR count). The van der Waals surface area contributed by atoms with Crippen molar-refractivity contribution in [3.63, 3.8) is 0 Å². The third kappa shape index (κ3) is 3.28. The van der Waals surface area contributed by atoms with Crippen LogP contribution < -0.4 is 0 Å². The molecule has 0 fully saturated rings. The number of hydrogen-bond acceptors (Lipinski definition) is 3. The maximum Gasteiger partial charge on any atom is 0.307 e. The molecule has 0 atom stereocenters. The van der Waals surface area contributed by atoms with Gasteiger partial charge in [-0.1, -0.05) is 24.3 Å². The van der Waals surface area contributed by atoms with Crippen molar-refractivity contribution in [2.75, 3.05) is 0 Å². The Labute approximate surface area is 110 Å². The minimum absolute atomic E-state index is 0.0242. The van der Waals surface area contributed by atoms with Crippen molar-refractivity contribution >= 4 is 12.3 Å². The fourth-order valence-electron chi connectivity index (χ4n) is 1.86. The normalized spacial score (nSPS) is 10.4. The molecule has 5 heteroatoms. The summed E-state index contributed by atoms with van der Waals surface area (Å²) >= 11 is 0. The zero-order valence-electron chi connectivity index (χ0n) is 10.5. The van der Waals surface area contributed by atoms with Crippen molar-refractivity contribution in [1.82, 2.24) is 9.78 Å². The number of hydrogen-bond donors (Lipinski definition) is 1. The van der Waals surface area contributed by atoms with Crippen LogP contribution in [0.4, 0.5) is 0 Å². The van der Waals surface area contributed by atoms with Crippen LogP contribution in [0.2, 0.25) is 0 Å². The Bertz CT molecular complexity index is 600. The Morgan fingerprint density at radius 3 is 2.47 bits per heavy atom. The molecule has 1 aromatic heterocycles. The van der Waals surface area contributed by atoms with Crippen molar-refractivity contribution in [3.8, 4) is 0 Å². The minimum Gasteiger partial charge on any atom is -0.481 e. The lowest BCUT2D eigenvalue weighted by atomic mass is 10.1. The molecule has 0 saturated heterocycles. The number of rotatable bonds is 5. The Hall–Kier alpha value is -2.43. The molecule has 0 spiro atoms. The summed E-state index contributed by atoms with van der Waals surface area (Å²) < 4.78 is 1.75. The molecule has 2 aromatic rings. The molecule has 19 heavy (non-hydrogen) atoms. The van der Waals surface area contributed by atoms with E-state index in [9.17, 15) is 9.59 Å². The van der Waals surface area contributed by atoms with E-state index >= 15 is 0 Å². The van der Waals surface area contributed by atoms with Crippen molar-refractivity contribution in [2.45, 2.75) is 19.9 Å². The highest BCUT2D eigenvalue weighted by Crippen LogP contribution is 2.09. The van der Waals surface area contributed by atoms with E-state index in [1.165, 1.54) is 0 Å². The number of carbonyl (C=O) groups excluding carboxylic acids is 1. The molecule has 0 saturated carbocycles. The molecule has 1 heterocycles. The Morgan fingerprint density at radius 2 is 1.95 bits per heavy atom. The second kappa shape index (κ2) is 5.48. The van der Waals surface area contributed by atoms with Crippen molar-refractivity contribution in [3.05, 3.63) is 52.8 Å². The monoisotopic (exact) mass is 258 g/mol. The fraction of sp³-hybridized carbons (Fsp3) is 0.214. The highest BCUT2D eigenvalue weighted by molar-refractivity contribution is 5.71. The highest BCUT2D eigenvalue weighted by atomic mass is 16.4. The van der Waals surface area contributed by atoms with E-state index in [2.05, 4.69) is 5.10 Å². The van der Waals surface area contributed by atoms with Crippen molar-refractivity contribution < 1.29 is 14.7 Å². The first-order valence-corrected chi connectivity index (χ1v) is 5.87. The van der Waals surface area contributed by atoms with Crippen LogP contribution in [0.15, 0.2) is 30.3 Å². The van der Waals surface area contributed by atoms with Gasteiger partial charge in [0.25, 0.3) is 0 Å². The molecular weight excluding hydrogens is 244 g/mol. The minimum atomic E-state index is -0.841. The van der Waals surface area contributed by atoms with Gasteiger partial charge in [0, 0.05) is 5.69 Å². The highest BCUT2D eigenvalue weighted by Gasteiger charge is 2.05. The summed E-state index contributed by atoms with van der Waals surface area (Å²) in [6, 6.07) is 9.07. The van der Waals surface area contributed by atoms with Crippen LogP contribution in [0.1, 0.15) is 27.3 Å². The van der Waals surface area contributed by atoms with E-state index < -0.39 is 5.97 Å². The summed E-state index contributed by atoms with van der Waals surface area (Å²) in [5.41, 5.74) is 3.11. The maximum atomic E-state index is 10.6. The first-order chi connectivity index (χ1) is 9.08. The lowest BCUT2D eigenvalue weighted by Gasteiger charge is -2.05. The van der Waals surface area contributed by atoms with E-state index in [1.54, 1.807) is 22.9 Å². The lowest BCUT2D eigenvalue weighted by molar-refractivity contribution is -0.136. The van der Waals surface area contributed by atoms with E-state index in [1.807, 2.05) is 19.1 Å². The first-order valence-electron chi connectivity index (χ1n) is 5.87. The second-order valence-electron chi connectivity index (χ2n) is 4.37. The van der Waals surface area contributed by atoms with Gasteiger partial charge in [-0.3, -0.25) is 14.3 Å². The number of aryl methyl sites for hydroxylation is 1. The fourth-order valence-corrected chi connectivity index (χ4v) is 1.86. The summed E-state index contributed by atoms with van der Waals surface area (Å²) in [5, 5.41) is 12.8. The number of aromatic nitrogens is 2. The number of carboxylic acid groups (broad SMARTS) is 1. The molecule has 0 unspecified atom stereocenters. The number of carbonyl (C=O) groups is 2. The number of nitrogens with zero attached hydrogens (tertiary/aromatic N) is 2. The van der Waals surface area contributed by atoms with Gasteiger partial charge in [0.2, 0.25) is 0 Å². The maximum absolute atomic E-state index is 10.6. The summed E-state index contributed by atoms with van der Waals surface area (Å²) in [5.74, 6) is -0.841. The predicted molar refractivity (Wildman–Crippen MR) is 69.2 cm³/mol. The van der Waals surface area contributed by atoms with Gasteiger partial charge in [0.1, 0.15) is 5.69 Å². The van der Waals surface area contributed by atoms with Crippen molar-refractivity contribution in [2.24, 2.45) is 0 Å². The third-order valence-electron chi connectivity index (χ3n) is 2.83. The quantitative estimate of drug-likeness (QED) is 0.828. The third-order valence-corrected chi connectivity index (χ3v) is 2.83. The summed E-state index contributed by atoms with van der Waals surface area (Å²) in [7, 11) is 0. The lowest BCUT2D eigenvalue weighted by Crippen LogP contribution is -2.05. The SMILES string of the molecule is Cc1cc(C=O)nn1Cc1ccc(CC(=O)O)cc1. The van der Waals surface area contributed by atoms with E-state index in [-0.39, 0.29) is 6.42 Å². The van der Waals surface area contributed by atoms with E-state index in [0.717, 1.165) is 23.1 Å². The average Bonchev–Trinajstić information content (AvgIpc) is 2.72. The molecule has 1 N–H and O–H groups in total. The molecule has 0 aliphatic rings. The molecular formula is C14H14N2O3. The summed E-state index contributed by atoms with van der Waals surface area (Å²) in [6.45, 7) is 2.45. The van der Waals surface area contributed by atoms with Gasteiger partial charge in [-0.2, -0.15) is 5.10 Å². The van der Waals surface area contributed by atoms with Gasteiger partial charge in [-0.25, -0.2) is 0 Å². The molecule has 0 bridgehead atoms. The molecule has 98 valence electrons. The van der Waals surface area contributed by atoms with Crippen LogP contribution in [0.5, 0.6) is 0 Å². The number of aldehydes is 1. The van der Waals surface area contributed by atoms with Gasteiger partial charge in [0.15, 0.2) is 6.29 Å². The van der Waals surface area contributed by atoms with Crippen molar-refractivity contribution in [1.29, 1.82) is 0 Å². The van der Waals surface area contributed by atoms with Gasteiger partial charge < -0.3 is 5.11 Å². The molecule has 0 radical (unpaired) electrons. The molecule has 0 aliphatic heterocycles. The Balaban J connectivity index is 2.12. The van der Waals surface area contributed by atoms with Crippen LogP contribution in [-0.2, 0) is 17.8 Å². The summed E-state index contributed by atoms with van der Waals surface area (Å²) in [6.07, 6.45) is 0.746. The largest absolute Gasteiger partial charge is 0.481 e. The van der Waals surface area contributed by atoms with Crippen LogP contribution in [0, 0.1) is 6.92 Å². The number of aliphatic carboxylic acids is 1. The van der Waals surface area contributed by atoms with Crippen LogP contribution in [-0.4, -0.2) is 27.1 Å². The first kappa shape index (κ1) is 13.0. The van der Waals surface area contributed by atoms with Crippen LogP contribution in [0.25, 0.3) is 0 Å². The molecule has 0 aliphatic carbocycles.